The van der Waals surface area contributed by atoms with Gasteiger partial charge in [0, 0.05) is 30.2 Å². The number of halogens is 2. The first-order chi connectivity index (χ1) is 13.5. The summed E-state index contributed by atoms with van der Waals surface area (Å²) in [5.74, 6) is 3.12. The number of benzene rings is 2. The molecule has 2 aliphatic heterocycles. The lowest BCUT2D eigenvalue weighted by Gasteiger charge is -2.24. The average molecular weight is 379 g/mol. The van der Waals surface area contributed by atoms with Crippen LogP contribution < -0.4 is 4.74 Å². The molecule has 3 heterocycles. The Morgan fingerprint density at radius 2 is 2.11 bits per heavy atom. The van der Waals surface area contributed by atoms with Crippen LogP contribution in [0.4, 0.5) is 8.78 Å². The predicted molar refractivity (Wildman–Crippen MR) is 98.3 cm³/mol. The van der Waals surface area contributed by atoms with Crippen molar-refractivity contribution >= 4 is 16.9 Å². The molecule has 0 N–H and O–H groups in total. The van der Waals surface area contributed by atoms with E-state index in [0.717, 1.165) is 16.9 Å². The van der Waals surface area contributed by atoms with Crippen LogP contribution in [0.1, 0.15) is 45.8 Å². The standard InChI is InChI=1S/C21H15F2N3O2/c1-3-11-7-8-13-14(9-11)26-15-10-16(19(26)24-13)25(2)20(27)12-5-4-6-17(18(12)15)28-21(22)23/h1,4-9,15-16,21H,10H2,2H3/t15?,16-/m1/s1. The smallest absolute Gasteiger partial charge is 0.387 e. The Balaban J connectivity index is 1.82. The molecule has 0 spiro atoms. The number of terminal acetylenes is 1. The number of carbonyl (C=O) groups excluding carboxylic acids is 1. The zero-order chi connectivity index (χ0) is 19.6. The molecule has 2 aliphatic rings. The summed E-state index contributed by atoms with van der Waals surface area (Å²) in [6, 6.07) is 9.59. The monoisotopic (exact) mass is 379 g/mol. The molecular weight excluding hydrogens is 364 g/mol. The van der Waals surface area contributed by atoms with Gasteiger partial charge in [0.1, 0.15) is 11.6 Å². The second kappa shape index (κ2) is 5.80. The van der Waals surface area contributed by atoms with Crippen molar-refractivity contribution in [3.63, 3.8) is 0 Å². The van der Waals surface area contributed by atoms with E-state index >= 15 is 0 Å². The molecule has 28 heavy (non-hydrogen) atoms. The zero-order valence-corrected chi connectivity index (χ0v) is 14.9. The Kier molecular flexibility index (Phi) is 3.47. The van der Waals surface area contributed by atoms with Crippen LogP contribution in [0, 0.1) is 12.3 Å². The second-order valence-corrected chi connectivity index (χ2v) is 6.97. The van der Waals surface area contributed by atoms with E-state index in [9.17, 15) is 13.6 Å². The Hall–Kier alpha value is -3.40. The fourth-order valence-electron chi connectivity index (χ4n) is 4.37. The van der Waals surface area contributed by atoms with Crippen molar-refractivity contribution in [1.29, 1.82) is 0 Å². The molecule has 2 atom stereocenters. The van der Waals surface area contributed by atoms with Crippen LogP contribution in [0.2, 0.25) is 0 Å². The first-order valence-corrected chi connectivity index (χ1v) is 8.83. The van der Waals surface area contributed by atoms with Gasteiger partial charge in [0.25, 0.3) is 5.91 Å². The SMILES string of the molecule is C#Cc1ccc2nc3n(c2c1)C1C[C@H]3N(C)C(=O)c2cccc(OC(F)F)c21. The minimum absolute atomic E-state index is 0.0164. The first-order valence-electron chi connectivity index (χ1n) is 8.83. The summed E-state index contributed by atoms with van der Waals surface area (Å²) >= 11 is 0. The van der Waals surface area contributed by atoms with E-state index in [-0.39, 0.29) is 23.7 Å². The van der Waals surface area contributed by atoms with Gasteiger partial charge in [-0.05, 0) is 30.3 Å². The molecule has 0 radical (unpaired) electrons. The third-order valence-corrected chi connectivity index (χ3v) is 5.57. The van der Waals surface area contributed by atoms with Crippen molar-refractivity contribution in [2.45, 2.75) is 25.1 Å². The number of fused-ring (bicyclic) bond motifs is 9. The van der Waals surface area contributed by atoms with Crippen molar-refractivity contribution in [1.82, 2.24) is 14.5 Å². The normalized spacial score (nSPS) is 20.1. The number of nitrogens with zero attached hydrogens (tertiary/aromatic N) is 3. The van der Waals surface area contributed by atoms with E-state index < -0.39 is 6.61 Å². The molecule has 0 aliphatic carbocycles. The molecule has 0 saturated carbocycles. The highest BCUT2D eigenvalue weighted by Gasteiger charge is 2.44. The molecule has 2 bridgehead atoms. The van der Waals surface area contributed by atoms with E-state index in [4.69, 9.17) is 16.1 Å². The van der Waals surface area contributed by atoms with Gasteiger partial charge in [-0.2, -0.15) is 8.78 Å². The predicted octanol–water partition coefficient (Wildman–Crippen LogP) is 3.74. The van der Waals surface area contributed by atoms with Gasteiger partial charge in [-0.25, -0.2) is 4.98 Å². The molecule has 1 amide bonds. The number of aromatic nitrogens is 2. The van der Waals surface area contributed by atoms with E-state index in [1.165, 1.54) is 6.07 Å². The van der Waals surface area contributed by atoms with Crippen molar-refractivity contribution < 1.29 is 18.3 Å². The Labute approximate surface area is 159 Å². The van der Waals surface area contributed by atoms with Crippen molar-refractivity contribution in [2.24, 2.45) is 0 Å². The molecule has 140 valence electrons. The van der Waals surface area contributed by atoms with Crippen molar-refractivity contribution in [3.8, 4) is 18.1 Å². The first kappa shape index (κ1) is 16.8. The summed E-state index contributed by atoms with van der Waals surface area (Å²) in [4.78, 5) is 19.3. The maximum atomic E-state index is 13.0. The highest BCUT2D eigenvalue weighted by molar-refractivity contribution is 5.97. The lowest BCUT2D eigenvalue weighted by molar-refractivity contribution is -0.0507. The zero-order valence-electron chi connectivity index (χ0n) is 14.9. The Morgan fingerprint density at radius 1 is 1.29 bits per heavy atom. The van der Waals surface area contributed by atoms with Gasteiger partial charge in [-0.3, -0.25) is 4.79 Å². The fourth-order valence-corrected chi connectivity index (χ4v) is 4.37. The van der Waals surface area contributed by atoms with Crippen LogP contribution in [0.25, 0.3) is 11.0 Å². The number of rotatable bonds is 2. The summed E-state index contributed by atoms with van der Waals surface area (Å²) in [5, 5.41) is 0. The maximum Gasteiger partial charge on any atom is 0.387 e. The number of imidazole rings is 1. The van der Waals surface area contributed by atoms with Crippen LogP contribution in [0.3, 0.4) is 0 Å². The molecule has 0 saturated heterocycles. The van der Waals surface area contributed by atoms with E-state index in [2.05, 4.69) is 5.92 Å². The summed E-state index contributed by atoms with van der Waals surface area (Å²) in [6.07, 6.45) is 6.09. The molecule has 1 unspecified atom stereocenters. The van der Waals surface area contributed by atoms with Gasteiger partial charge in [0.15, 0.2) is 0 Å². The topological polar surface area (TPSA) is 47.4 Å². The third-order valence-electron chi connectivity index (χ3n) is 5.57. The van der Waals surface area contributed by atoms with Crippen molar-refractivity contribution in [2.75, 3.05) is 7.05 Å². The molecule has 5 nitrogen and oxygen atoms in total. The quantitative estimate of drug-likeness (QED) is 0.638. The summed E-state index contributed by atoms with van der Waals surface area (Å²) in [6.45, 7) is -2.98. The molecule has 1 aromatic heterocycles. The number of hydrogen-bond acceptors (Lipinski definition) is 3. The van der Waals surface area contributed by atoms with Gasteiger partial charge in [-0.1, -0.05) is 12.0 Å². The maximum absolute atomic E-state index is 13.0. The van der Waals surface area contributed by atoms with Crippen LogP contribution in [0.15, 0.2) is 36.4 Å². The minimum Gasteiger partial charge on any atom is -0.434 e. The van der Waals surface area contributed by atoms with Crippen molar-refractivity contribution in [3.05, 3.63) is 58.9 Å². The summed E-state index contributed by atoms with van der Waals surface area (Å²) < 4.78 is 32.9. The van der Waals surface area contributed by atoms with Gasteiger partial charge >= 0.3 is 6.61 Å². The summed E-state index contributed by atoms with van der Waals surface area (Å²) in [5.41, 5.74) is 3.11. The lowest BCUT2D eigenvalue weighted by atomic mass is 9.97. The van der Waals surface area contributed by atoms with E-state index in [1.54, 1.807) is 24.1 Å². The number of carbonyl (C=O) groups is 1. The summed E-state index contributed by atoms with van der Waals surface area (Å²) in [7, 11) is 1.71. The number of amides is 1. The lowest BCUT2D eigenvalue weighted by Crippen LogP contribution is -2.30. The van der Waals surface area contributed by atoms with Crippen LogP contribution in [-0.2, 0) is 0 Å². The Morgan fingerprint density at radius 3 is 2.86 bits per heavy atom. The van der Waals surface area contributed by atoms with Gasteiger partial charge in [0.05, 0.1) is 23.1 Å². The number of alkyl halides is 2. The van der Waals surface area contributed by atoms with E-state index in [0.29, 0.717) is 23.1 Å². The molecule has 7 heteroatoms. The average Bonchev–Trinajstić information content (AvgIpc) is 3.19. The Bertz CT molecular complexity index is 1180. The third kappa shape index (κ3) is 2.18. The molecule has 3 aromatic rings. The minimum atomic E-state index is -2.98. The highest BCUT2D eigenvalue weighted by Crippen LogP contribution is 2.49. The van der Waals surface area contributed by atoms with Crippen LogP contribution in [-0.4, -0.2) is 34.0 Å². The van der Waals surface area contributed by atoms with Crippen LogP contribution in [0.5, 0.6) is 5.75 Å². The van der Waals surface area contributed by atoms with Gasteiger partial charge in [-0.15, -0.1) is 6.42 Å². The van der Waals surface area contributed by atoms with Crippen LogP contribution >= 0.6 is 0 Å². The van der Waals surface area contributed by atoms with Gasteiger partial charge < -0.3 is 14.2 Å². The molecule has 5 rings (SSSR count). The van der Waals surface area contributed by atoms with Gasteiger partial charge in [0.2, 0.25) is 0 Å². The molecular formula is C21H15F2N3O2. The second-order valence-electron chi connectivity index (χ2n) is 6.97. The van der Waals surface area contributed by atoms with E-state index in [1.807, 2.05) is 22.8 Å². The molecule has 2 aromatic carbocycles. The number of hydrogen-bond donors (Lipinski definition) is 0. The highest BCUT2D eigenvalue weighted by atomic mass is 19.3. The fraction of sp³-hybridized carbons (Fsp3) is 0.238. The largest absolute Gasteiger partial charge is 0.434 e. The molecule has 0 fully saturated rings. The number of ether oxygens (including phenoxy) is 1.